The van der Waals surface area contributed by atoms with Crippen LogP contribution in [0.15, 0.2) is 63.8 Å². The number of hydrogen-bond acceptors (Lipinski definition) is 7. The first-order valence-electron chi connectivity index (χ1n) is 11.8. The third-order valence-electron chi connectivity index (χ3n) is 6.00. The Balaban J connectivity index is 1.33. The number of aliphatic carboxylic acids is 2. The van der Waals surface area contributed by atoms with E-state index in [1.807, 2.05) is 0 Å². The van der Waals surface area contributed by atoms with Gasteiger partial charge in [-0.25, -0.2) is 18.5 Å². The van der Waals surface area contributed by atoms with Crippen LogP contribution >= 0.6 is 58.5 Å². The molecule has 40 heavy (non-hydrogen) atoms. The zero-order valence-electron chi connectivity index (χ0n) is 20.6. The summed E-state index contributed by atoms with van der Waals surface area (Å²) in [7, 11) is 0. The van der Waals surface area contributed by atoms with Crippen molar-refractivity contribution in [3.05, 3.63) is 64.0 Å². The van der Waals surface area contributed by atoms with Gasteiger partial charge in [0, 0.05) is 44.9 Å². The molecule has 4 rings (SSSR count). The van der Waals surface area contributed by atoms with Crippen LogP contribution in [0, 0.1) is 0 Å². The largest absolute Gasteiger partial charge is 0.479 e. The average Bonchev–Trinajstić information content (AvgIpc) is 2.93. The fourth-order valence-electron chi connectivity index (χ4n) is 3.99. The molecule has 0 spiro atoms. The Labute approximate surface area is 251 Å². The number of alkyl halides is 1. The number of rotatable bonds is 12. The Hall–Kier alpha value is -2.45. The van der Waals surface area contributed by atoms with Gasteiger partial charge in [-0.2, -0.15) is 0 Å². The highest BCUT2D eigenvalue weighted by atomic mass is 35.5. The lowest BCUT2D eigenvalue weighted by Gasteiger charge is -2.49. The summed E-state index contributed by atoms with van der Waals surface area (Å²) in [6.45, 7) is 0.201. The number of fused-ring (bicyclic) bond motifs is 1. The number of nitrogens with one attached hydrogen (secondary N) is 1. The highest BCUT2D eigenvalue weighted by Gasteiger charge is 2.54. The van der Waals surface area contributed by atoms with E-state index in [2.05, 4.69) is 5.32 Å². The van der Waals surface area contributed by atoms with Crippen LogP contribution in [0.3, 0.4) is 0 Å². The molecule has 0 saturated carbocycles. The number of halogens is 3. The number of aromatic nitrogens is 1. The topological polar surface area (TPSA) is 128 Å². The van der Waals surface area contributed by atoms with Crippen molar-refractivity contribution in [2.75, 3.05) is 17.3 Å². The van der Waals surface area contributed by atoms with Crippen LogP contribution in [0.1, 0.15) is 6.42 Å². The average molecular weight is 648 g/mol. The Bertz CT molecular complexity index is 1360. The van der Waals surface area contributed by atoms with Crippen LogP contribution in [-0.2, 0) is 25.7 Å². The van der Waals surface area contributed by atoms with Gasteiger partial charge in [0.15, 0.2) is 18.9 Å². The molecule has 2 aromatic rings. The maximum atomic E-state index is 13.3. The number of nitrogens with zero attached hydrogens (tertiary/aromatic N) is 2. The maximum absolute atomic E-state index is 13.3. The van der Waals surface area contributed by atoms with Crippen LogP contribution in [0.4, 0.5) is 4.39 Å². The first kappa shape index (κ1) is 30.5. The van der Waals surface area contributed by atoms with Crippen LogP contribution in [-0.4, -0.2) is 73.7 Å². The van der Waals surface area contributed by atoms with Crippen molar-refractivity contribution in [3.63, 3.8) is 0 Å². The molecule has 212 valence electrons. The van der Waals surface area contributed by atoms with E-state index in [4.69, 9.17) is 28.3 Å². The SMILES string of the molecule is O=C(CSc1cc(Cl)ccc1Cl)N[C@@H]1C(=O)N2C(C(=O)O)=C(CSc3cc[n+](CCC(F)C(=O)O)cc3)CS[C@H]12. The molecule has 1 fully saturated rings. The van der Waals surface area contributed by atoms with Crippen molar-refractivity contribution in [3.8, 4) is 0 Å². The summed E-state index contributed by atoms with van der Waals surface area (Å²) in [4.78, 5) is 50.9. The van der Waals surface area contributed by atoms with Crippen molar-refractivity contribution in [1.82, 2.24) is 10.2 Å². The summed E-state index contributed by atoms with van der Waals surface area (Å²) >= 11 is 16.1. The quantitative estimate of drug-likeness (QED) is 0.180. The van der Waals surface area contributed by atoms with Gasteiger partial charge < -0.3 is 15.5 Å². The van der Waals surface area contributed by atoms with Crippen molar-refractivity contribution in [1.29, 1.82) is 0 Å². The molecule has 1 saturated heterocycles. The second kappa shape index (κ2) is 13.5. The summed E-state index contributed by atoms with van der Waals surface area (Å²) in [5.74, 6) is -2.85. The van der Waals surface area contributed by atoms with E-state index in [1.165, 1.54) is 40.2 Å². The van der Waals surface area contributed by atoms with Gasteiger partial charge in [0.25, 0.3) is 5.91 Å². The molecule has 0 aliphatic carbocycles. The minimum Gasteiger partial charge on any atom is -0.479 e. The number of thioether (sulfide) groups is 3. The van der Waals surface area contributed by atoms with E-state index >= 15 is 0 Å². The zero-order valence-corrected chi connectivity index (χ0v) is 24.6. The smallest absolute Gasteiger partial charge is 0.352 e. The first-order valence-corrected chi connectivity index (χ1v) is 15.6. The number of amides is 2. The number of carbonyl (C=O) groups excluding carboxylic acids is 2. The van der Waals surface area contributed by atoms with Gasteiger partial charge in [0.2, 0.25) is 12.1 Å². The number of carboxylic acid groups (broad SMARTS) is 2. The monoisotopic (exact) mass is 646 g/mol. The minimum atomic E-state index is -1.93. The summed E-state index contributed by atoms with van der Waals surface area (Å²) in [5.41, 5.74) is 0.516. The summed E-state index contributed by atoms with van der Waals surface area (Å²) < 4.78 is 15.0. The van der Waals surface area contributed by atoms with Crippen LogP contribution in [0.5, 0.6) is 0 Å². The normalized spacial score (nSPS) is 19.1. The predicted molar refractivity (Wildman–Crippen MR) is 151 cm³/mol. The molecule has 9 nitrogen and oxygen atoms in total. The molecule has 0 bridgehead atoms. The van der Waals surface area contributed by atoms with Gasteiger partial charge in [-0.15, -0.1) is 35.3 Å². The summed E-state index contributed by atoms with van der Waals surface area (Å²) in [6.07, 6.45) is 1.31. The van der Waals surface area contributed by atoms with Crippen molar-refractivity contribution >= 4 is 82.2 Å². The molecule has 3 heterocycles. The van der Waals surface area contributed by atoms with Crippen LogP contribution < -0.4 is 9.88 Å². The molecule has 15 heteroatoms. The van der Waals surface area contributed by atoms with Crippen molar-refractivity contribution in [2.45, 2.75) is 40.3 Å². The fraction of sp³-hybridized carbons (Fsp3) is 0.320. The highest BCUT2D eigenvalue weighted by Crippen LogP contribution is 2.41. The van der Waals surface area contributed by atoms with E-state index in [-0.39, 0.29) is 30.3 Å². The standard InChI is InChI=1S/C25H22Cl2FN3O6S3/c26-14-1-2-16(27)18(9-14)39-12-19(32)29-20-22(33)31-21(25(36)37)13(11-40-23(20)31)10-38-15-3-6-30(7-4-15)8-5-17(28)24(34)35/h1-4,6-7,9,17,20,23H,5,8,10-12H2,(H2-,29,32,34,35,36,37)/p+1/t17?,20-,23-/m1/s1. The number of carbonyl (C=O) groups is 4. The van der Waals surface area contributed by atoms with Crippen molar-refractivity contribution < 1.29 is 38.3 Å². The van der Waals surface area contributed by atoms with Gasteiger partial charge in [0.05, 0.1) is 10.8 Å². The van der Waals surface area contributed by atoms with E-state index < -0.39 is 35.4 Å². The molecule has 1 unspecified atom stereocenters. The second-order valence-electron chi connectivity index (χ2n) is 8.73. The number of aryl methyl sites for hydroxylation is 1. The van der Waals surface area contributed by atoms with Crippen molar-refractivity contribution in [2.24, 2.45) is 0 Å². The van der Waals surface area contributed by atoms with Gasteiger partial charge in [0.1, 0.15) is 17.1 Å². The number of pyridine rings is 1. The number of hydrogen-bond donors (Lipinski definition) is 3. The number of β-lactam (4-membered cyclic amide) rings is 1. The predicted octanol–water partition coefficient (Wildman–Crippen LogP) is 3.72. The first-order chi connectivity index (χ1) is 19.0. The maximum Gasteiger partial charge on any atom is 0.352 e. The second-order valence-corrected chi connectivity index (χ2v) is 12.7. The molecular weight excluding hydrogens is 624 g/mol. The molecule has 3 atom stereocenters. The van der Waals surface area contributed by atoms with Gasteiger partial charge in [-0.1, -0.05) is 23.2 Å². The van der Waals surface area contributed by atoms with Gasteiger partial charge in [-0.3, -0.25) is 14.5 Å². The molecule has 2 amide bonds. The fourth-order valence-corrected chi connectivity index (χ4v) is 7.66. The lowest BCUT2D eigenvalue weighted by molar-refractivity contribution is -0.698. The third-order valence-corrected chi connectivity index (χ3v) is 10.2. The lowest BCUT2D eigenvalue weighted by Crippen LogP contribution is -2.70. The van der Waals surface area contributed by atoms with Crippen LogP contribution in [0.25, 0.3) is 0 Å². The molecular formula is C25H23Cl2FN3O6S3+. The van der Waals surface area contributed by atoms with E-state index in [9.17, 15) is 28.7 Å². The zero-order chi connectivity index (χ0) is 29.0. The van der Waals surface area contributed by atoms with Crippen LogP contribution in [0.2, 0.25) is 10.0 Å². The van der Waals surface area contributed by atoms with E-state index in [0.29, 0.717) is 32.0 Å². The van der Waals surface area contributed by atoms with E-state index in [0.717, 1.165) is 4.90 Å². The highest BCUT2D eigenvalue weighted by molar-refractivity contribution is 8.01. The molecule has 3 N–H and O–H groups in total. The number of benzene rings is 1. The number of carboxylic acids is 2. The van der Waals surface area contributed by atoms with Gasteiger partial charge >= 0.3 is 11.9 Å². The molecule has 1 aromatic carbocycles. The Kier molecular flexibility index (Phi) is 10.3. The summed E-state index contributed by atoms with van der Waals surface area (Å²) in [6, 6.07) is 7.63. The lowest BCUT2D eigenvalue weighted by atomic mass is 10.0. The molecule has 0 radical (unpaired) electrons. The minimum absolute atomic E-state index is 0.00966. The molecule has 2 aliphatic rings. The van der Waals surface area contributed by atoms with Gasteiger partial charge in [-0.05, 0) is 23.8 Å². The third kappa shape index (κ3) is 7.24. The van der Waals surface area contributed by atoms with E-state index in [1.54, 1.807) is 47.3 Å². The Morgan fingerprint density at radius 1 is 1.18 bits per heavy atom. The summed E-state index contributed by atoms with van der Waals surface area (Å²) in [5, 5.41) is 21.7. The Morgan fingerprint density at radius 3 is 2.58 bits per heavy atom. The molecule has 1 aromatic heterocycles. The molecule has 2 aliphatic heterocycles. The Morgan fingerprint density at radius 2 is 1.90 bits per heavy atom.